The normalized spacial score (nSPS) is 13.1. The standard InChI is InChI=1S/C14H11F3INO/c15-14(16,17)20-12-8-4-2-6-10(12)13(19)9-5-1-3-7-11(9)18/h1-8,13H,19H2. The second-order valence-corrected chi connectivity index (χ2v) is 5.25. The van der Waals surface area contributed by atoms with Crippen molar-refractivity contribution in [3.63, 3.8) is 0 Å². The van der Waals surface area contributed by atoms with E-state index in [1.165, 1.54) is 18.2 Å². The highest BCUT2D eigenvalue weighted by atomic mass is 127. The van der Waals surface area contributed by atoms with Gasteiger partial charge in [-0.2, -0.15) is 0 Å². The molecule has 2 aromatic rings. The summed E-state index contributed by atoms with van der Waals surface area (Å²) in [5.41, 5.74) is 7.14. The number of hydrogen-bond donors (Lipinski definition) is 1. The van der Waals surface area contributed by atoms with Crippen LogP contribution >= 0.6 is 22.6 Å². The zero-order valence-corrected chi connectivity index (χ0v) is 12.4. The first-order chi connectivity index (χ1) is 9.38. The minimum absolute atomic E-state index is 0.271. The second kappa shape index (κ2) is 6.01. The maximum absolute atomic E-state index is 12.4. The van der Waals surface area contributed by atoms with Crippen LogP contribution in [0.1, 0.15) is 17.2 Å². The van der Waals surface area contributed by atoms with Crippen molar-refractivity contribution in [2.24, 2.45) is 5.73 Å². The predicted molar refractivity (Wildman–Crippen MR) is 78.3 cm³/mol. The van der Waals surface area contributed by atoms with Gasteiger partial charge in [0.1, 0.15) is 5.75 Å². The van der Waals surface area contributed by atoms with Gasteiger partial charge in [0.05, 0.1) is 6.04 Å². The summed E-state index contributed by atoms with van der Waals surface area (Å²) in [5.74, 6) is -0.271. The predicted octanol–water partition coefficient (Wildman–Crippen LogP) is 4.24. The van der Waals surface area contributed by atoms with Crippen LogP contribution in [-0.4, -0.2) is 6.36 Å². The van der Waals surface area contributed by atoms with Crippen LogP contribution in [0.25, 0.3) is 0 Å². The van der Waals surface area contributed by atoms with Gasteiger partial charge in [-0.15, -0.1) is 13.2 Å². The number of ether oxygens (including phenoxy) is 1. The third-order valence-corrected chi connectivity index (χ3v) is 3.70. The van der Waals surface area contributed by atoms with Crippen LogP contribution in [0.15, 0.2) is 48.5 Å². The quantitative estimate of drug-likeness (QED) is 0.793. The third-order valence-electron chi connectivity index (χ3n) is 2.72. The number of hydrogen-bond acceptors (Lipinski definition) is 2. The smallest absolute Gasteiger partial charge is 0.405 e. The number of alkyl halides is 3. The Labute approximate surface area is 127 Å². The molecule has 0 saturated carbocycles. The van der Waals surface area contributed by atoms with E-state index in [0.717, 1.165) is 9.13 Å². The van der Waals surface area contributed by atoms with Crippen molar-refractivity contribution in [2.45, 2.75) is 12.4 Å². The first-order valence-corrected chi connectivity index (χ1v) is 6.81. The summed E-state index contributed by atoms with van der Waals surface area (Å²) in [4.78, 5) is 0. The van der Waals surface area contributed by atoms with Crippen molar-refractivity contribution in [1.29, 1.82) is 0 Å². The molecule has 2 N–H and O–H groups in total. The fourth-order valence-corrected chi connectivity index (χ4v) is 2.57. The van der Waals surface area contributed by atoms with Gasteiger partial charge in [-0.05, 0) is 40.3 Å². The fraction of sp³-hybridized carbons (Fsp3) is 0.143. The van der Waals surface area contributed by atoms with E-state index in [-0.39, 0.29) is 5.75 Å². The molecule has 0 radical (unpaired) electrons. The molecule has 20 heavy (non-hydrogen) atoms. The Morgan fingerprint density at radius 3 is 2.10 bits per heavy atom. The average Bonchev–Trinajstić information content (AvgIpc) is 2.37. The number of rotatable bonds is 3. The Hall–Kier alpha value is -1.28. The van der Waals surface area contributed by atoms with Gasteiger partial charge < -0.3 is 10.5 Å². The molecule has 0 fully saturated rings. The van der Waals surface area contributed by atoms with E-state index < -0.39 is 12.4 Å². The Kier molecular flexibility index (Phi) is 4.54. The monoisotopic (exact) mass is 393 g/mol. The summed E-state index contributed by atoms with van der Waals surface area (Å²) in [7, 11) is 0. The molecule has 6 heteroatoms. The average molecular weight is 393 g/mol. The van der Waals surface area contributed by atoms with Gasteiger partial charge in [-0.3, -0.25) is 0 Å². The zero-order chi connectivity index (χ0) is 14.8. The molecule has 0 heterocycles. The molecule has 106 valence electrons. The minimum atomic E-state index is -4.74. The molecular formula is C14H11F3INO. The molecule has 0 spiro atoms. The van der Waals surface area contributed by atoms with E-state index >= 15 is 0 Å². The van der Waals surface area contributed by atoms with E-state index in [4.69, 9.17) is 5.73 Å². The Balaban J connectivity index is 2.40. The Bertz CT molecular complexity index is 601. The molecule has 0 aliphatic heterocycles. The Morgan fingerprint density at radius 2 is 1.50 bits per heavy atom. The number of halogens is 4. The van der Waals surface area contributed by atoms with Crippen LogP contribution in [0.5, 0.6) is 5.75 Å². The lowest BCUT2D eigenvalue weighted by Crippen LogP contribution is -2.21. The van der Waals surface area contributed by atoms with E-state index in [2.05, 4.69) is 27.3 Å². The number of nitrogens with two attached hydrogens (primary N) is 1. The van der Waals surface area contributed by atoms with Crippen LogP contribution in [0.2, 0.25) is 0 Å². The molecule has 2 rings (SSSR count). The van der Waals surface area contributed by atoms with Crippen LogP contribution in [0.4, 0.5) is 13.2 Å². The van der Waals surface area contributed by atoms with E-state index in [9.17, 15) is 13.2 Å². The maximum atomic E-state index is 12.4. The molecular weight excluding hydrogens is 382 g/mol. The third kappa shape index (κ3) is 3.63. The topological polar surface area (TPSA) is 35.2 Å². The molecule has 0 amide bonds. The molecule has 1 unspecified atom stereocenters. The molecule has 0 aromatic heterocycles. The summed E-state index contributed by atoms with van der Waals surface area (Å²) in [6, 6.07) is 12.5. The summed E-state index contributed by atoms with van der Waals surface area (Å²) in [6.45, 7) is 0. The highest BCUT2D eigenvalue weighted by Crippen LogP contribution is 2.33. The SMILES string of the molecule is NC(c1ccccc1I)c1ccccc1OC(F)(F)F. The molecule has 0 aliphatic rings. The number of benzene rings is 2. The van der Waals surface area contributed by atoms with Gasteiger partial charge in [0.25, 0.3) is 0 Å². The molecule has 0 saturated heterocycles. The summed E-state index contributed by atoms with van der Waals surface area (Å²) >= 11 is 2.10. The van der Waals surface area contributed by atoms with Crippen molar-refractivity contribution in [2.75, 3.05) is 0 Å². The summed E-state index contributed by atoms with van der Waals surface area (Å²) in [5, 5.41) is 0. The fourth-order valence-electron chi connectivity index (χ4n) is 1.85. The van der Waals surface area contributed by atoms with Crippen LogP contribution in [0, 0.1) is 3.57 Å². The maximum Gasteiger partial charge on any atom is 0.573 e. The molecule has 0 aliphatic carbocycles. The molecule has 2 aromatic carbocycles. The van der Waals surface area contributed by atoms with E-state index in [1.807, 2.05) is 12.1 Å². The summed E-state index contributed by atoms with van der Waals surface area (Å²) in [6.07, 6.45) is -4.74. The molecule has 1 atom stereocenters. The van der Waals surface area contributed by atoms with Crippen molar-refractivity contribution in [3.05, 3.63) is 63.2 Å². The largest absolute Gasteiger partial charge is 0.573 e. The summed E-state index contributed by atoms with van der Waals surface area (Å²) < 4.78 is 42.1. The lowest BCUT2D eigenvalue weighted by Gasteiger charge is -2.19. The lowest BCUT2D eigenvalue weighted by atomic mass is 9.99. The van der Waals surface area contributed by atoms with Crippen LogP contribution < -0.4 is 10.5 Å². The first kappa shape index (κ1) is 15.1. The van der Waals surface area contributed by atoms with Gasteiger partial charge in [-0.25, -0.2) is 0 Å². The van der Waals surface area contributed by atoms with Gasteiger partial charge in [0.2, 0.25) is 0 Å². The zero-order valence-electron chi connectivity index (χ0n) is 10.2. The highest BCUT2D eigenvalue weighted by Gasteiger charge is 2.32. The van der Waals surface area contributed by atoms with Gasteiger partial charge in [0.15, 0.2) is 0 Å². The molecule has 2 nitrogen and oxygen atoms in total. The van der Waals surface area contributed by atoms with E-state index in [0.29, 0.717) is 5.56 Å². The van der Waals surface area contributed by atoms with Crippen molar-refractivity contribution >= 4 is 22.6 Å². The minimum Gasteiger partial charge on any atom is -0.405 e. The number of para-hydroxylation sites is 1. The van der Waals surface area contributed by atoms with Crippen LogP contribution in [0.3, 0.4) is 0 Å². The van der Waals surface area contributed by atoms with Gasteiger partial charge in [0, 0.05) is 9.13 Å². The van der Waals surface area contributed by atoms with Crippen molar-refractivity contribution < 1.29 is 17.9 Å². The molecule has 0 bridgehead atoms. The Morgan fingerprint density at radius 1 is 0.950 bits per heavy atom. The van der Waals surface area contributed by atoms with Gasteiger partial charge in [-0.1, -0.05) is 36.4 Å². The van der Waals surface area contributed by atoms with Crippen molar-refractivity contribution in [1.82, 2.24) is 0 Å². The highest BCUT2D eigenvalue weighted by molar-refractivity contribution is 14.1. The second-order valence-electron chi connectivity index (χ2n) is 4.08. The van der Waals surface area contributed by atoms with Crippen LogP contribution in [-0.2, 0) is 0 Å². The van der Waals surface area contributed by atoms with Crippen molar-refractivity contribution in [3.8, 4) is 5.75 Å². The van der Waals surface area contributed by atoms with E-state index in [1.54, 1.807) is 18.2 Å². The first-order valence-electron chi connectivity index (χ1n) is 5.73. The lowest BCUT2D eigenvalue weighted by molar-refractivity contribution is -0.274. The van der Waals surface area contributed by atoms with Gasteiger partial charge >= 0.3 is 6.36 Å².